The summed E-state index contributed by atoms with van der Waals surface area (Å²) in [5.41, 5.74) is 2.07. The van der Waals surface area contributed by atoms with E-state index < -0.39 is 0 Å². The number of hydrogen-bond donors (Lipinski definition) is 2. The first-order valence-electron chi connectivity index (χ1n) is 6.16. The third-order valence-electron chi connectivity index (χ3n) is 2.61. The van der Waals surface area contributed by atoms with Crippen molar-refractivity contribution in [2.45, 2.75) is 19.8 Å². The molecule has 0 aromatic carbocycles. The molecule has 6 heteroatoms. The molecule has 0 aliphatic rings. The summed E-state index contributed by atoms with van der Waals surface area (Å²) < 4.78 is 0.858. The minimum absolute atomic E-state index is 0.217. The number of aromatic nitrogens is 2. The third-order valence-corrected chi connectivity index (χ3v) is 3.04. The number of carbonyl (C=O) groups is 1. The maximum Gasteiger partial charge on any atom is 0.319 e. The van der Waals surface area contributed by atoms with Gasteiger partial charge in [-0.3, -0.25) is 9.97 Å². The minimum atomic E-state index is -0.217. The van der Waals surface area contributed by atoms with Gasteiger partial charge in [-0.05, 0) is 34.5 Å². The Morgan fingerprint density at radius 3 is 3.05 bits per heavy atom. The summed E-state index contributed by atoms with van der Waals surface area (Å²) in [6.07, 6.45) is 5.35. The number of urea groups is 1. The molecule has 0 saturated carbocycles. The molecule has 0 saturated heterocycles. The smallest absolute Gasteiger partial charge is 0.319 e. The normalized spacial score (nSPS) is 10.4. The van der Waals surface area contributed by atoms with Gasteiger partial charge >= 0.3 is 6.03 Å². The quantitative estimate of drug-likeness (QED) is 0.848. The van der Waals surface area contributed by atoms with Gasteiger partial charge in [-0.1, -0.05) is 13.3 Å². The third kappa shape index (κ3) is 3.64. The van der Waals surface area contributed by atoms with E-state index in [1.54, 1.807) is 18.5 Å². The first-order valence-corrected chi connectivity index (χ1v) is 6.95. The molecule has 0 atom stereocenters. The summed E-state index contributed by atoms with van der Waals surface area (Å²) in [4.78, 5) is 20.2. The summed E-state index contributed by atoms with van der Waals surface area (Å²) in [5.74, 6) is 0. The molecule has 19 heavy (non-hydrogen) atoms. The van der Waals surface area contributed by atoms with Crippen LogP contribution in [0.2, 0.25) is 0 Å². The van der Waals surface area contributed by atoms with Crippen molar-refractivity contribution in [2.24, 2.45) is 0 Å². The van der Waals surface area contributed by atoms with Crippen LogP contribution in [0.25, 0.3) is 11.0 Å². The molecule has 2 amide bonds. The molecule has 2 aromatic heterocycles. The van der Waals surface area contributed by atoms with Crippen LogP contribution in [-0.4, -0.2) is 22.5 Å². The maximum absolute atomic E-state index is 11.7. The van der Waals surface area contributed by atoms with E-state index in [4.69, 9.17) is 0 Å². The largest absolute Gasteiger partial charge is 0.338 e. The number of anilines is 1. The minimum Gasteiger partial charge on any atom is -0.338 e. The lowest BCUT2D eigenvalue weighted by molar-refractivity contribution is 0.252. The number of rotatable bonds is 4. The van der Waals surface area contributed by atoms with Gasteiger partial charge in [0.25, 0.3) is 0 Å². The Hall–Kier alpha value is -1.69. The fourth-order valence-electron chi connectivity index (χ4n) is 1.65. The molecular weight excluding hydrogens is 308 g/mol. The second kappa shape index (κ2) is 6.47. The fraction of sp³-hybridized carbons (Fsp3) is 0.308. The van der Waals surface area contributed by atoms with Crippen LogP contribution in [0.15, 0.2) is 29.0 Å². The molecule has 0 spiro atoms. The lowest BCUT2D eigenvalue weighted by atomic mass is 10.3. The van der Waals surface area contributed by atoms with E-state index in [1.807, 2.05) is 6.07 Å². The number of nitrogens with zero attached hydrogens (tertiary/aromatic N) is 2. The average Bonchev–Trinajstić information content (AvgIpc) is 2.39. The highest BCUT2D eigenvalue weighted by Gasteiger charge is 2.07. The van der Waals surface area contributed by atoms with Crippen LogP contribution in [0, 0.1) is 0 Å². The van der Waals surface area contributed by atoms with Gasteiger partial charge in [0.05, 0.1) is 11.2 Å². The monoisotopic (exact) mass is 322 g/mol. The van der Waals surface area contributed by atoms with Crippen LogP contribution >= 0.6 is 15.9 Å². The van der Waals surface area contributed by atoms with Crippen molar-refractivity contribution in [3.63, 3.8) is 0 Å². The van der Waals surface area contributed by atoms with Gasteiger partial charge in [0.2, 0.25) is 0 Å². The highest BCUT2D eigenvalue weighted by Crippen LogP contribution is 2.21. The molecule has 0 fully saturated rings. The van der Waals surface area contributed by atoms with E-state index in [-0.39, 0.29) is 6.03 Å². The predicted molar refractivity (Wildman–Crippen MR) is 79.2 cm³/mol. The first-order chi connectivity index (χ1) is 9.20. The summed E-state index contributed by atoms with van der Waals surface area (Å²) in [6, 6.07) is 3.39. The van der Waals surface area contributed by atoms with Gasteiger partial charge in [0.15, 0.2) is 0 Å². The number of amides is 2. The zero-order valence-electron chi connectivity index (χ0n) is 10.6. The Labute approximate surface area is 120 Å². The summed E-state index contributed by atoms with van der Waals surface area (Å²) in [5, 5.41) is 5.60. The zero-order chi connectivity index (χ0) is 13.7. The van der Waals surface area contributed by atoms with E-state index in [9.17, 15) is 4.79 Å². The van der Waals surface area contributed by atoms with Crippen molar-refractivity contribution in [1.29, 1.82) is 0 Å². The van der Waals surface area contributed by atoms with Gasteiger partial charge in [0, 0.05) is 23.4 Å². The number of nitrogens with one attached hydrogen (secondary N) is 2. The number of carbonyl (C=O) groups excluding carboxylic acids is 1. The molecule has 2 N–H and O–H groups in total. The Morgan fingerprint density at radius 1 is 1.42 bits per heavy atom. The van der Waals surface area contributed by atoms with E-state index in [0.717, 1.165) is 22.8 Å². The van der Waals surface area contributed by atoms with Crippen LogP contribution in [0.1, 0.15) is 19.8 Å². The van der Waals surface area contributed by atoms with Gasteiger partial charge < -0.3 is 10.6 Å². The molecule has 2 heterocycles. The zero-order valence-corrected chi connectivity index (χ0v) is 12.2. The number of pyridine rings is 2. The number of hydrogen-bond acceptors (Lipinski definition) is 3. The number of unbranched alkanes of at least 4 members (excludes halogenated alkanes) is 1. The van der Waals surface area contributed by atoms with Crippen LogP contribution in [0.4, 0.5) is 10.5 Å². The molecule has 5 nitrogen and oxygen atoms in total. The second-order valence-corrected chi connectivity index (χ2v) is 5.03. The first kappa shape index (κ1) is 13.7. The molecular formula is C13H15BrN4O. The Morgan fingerprint density at radius 2 is 2.26 bits per heavy atom. The molecule has 0 aliphatic carbocycles. The van der Waals surface area contributed by atoms with Gasteiger partial charge in [-0.15, -0.1) is 0 Å². The highest BCUT2D eigenvalue weighted by molar-refractivity contribution is 9.10. The number of halogens is 1. The SMILES string of the molecule is CCCCNC(=O)Nc1ccnc2cc(Br)cnc12. The van der Waals surface area contributed by atoms with Crippen molar-refractivity contribution >= 4 is 38.7 Å². The topological polar surface area (TPSA) is 66.9 Å². The van der Waals surface area contributed by atoms with Gasteiger partial charge in [0.1, 0.15) is 5.52 Å². The molecule has 2 rings (SSSR count). The van der Waals surface area contributed by atoms with Crippen LogP contribution in [0.5, 0.6) is 0 Å². The molecule has 0 aliphatic heterocycles. The van der Waals surface area contributed by atoms with Gasteiger partial charge in [-0.25, -0.2) is 4.79 Å². The van der Waals surface area contributed by atoms with E-state index >= 15 is 0 Å². The van der Waals surface area contributed by atoms with Gasteiger partial charge in [-0.2, -0.15) is 0 Å². The molecule has 2 aromatic rings. The van der Waals surface area contributed by atoms with Crippen molar-refractivity contribution in [2.75, 3.05) is 11.9 Å². The predicted octanol–water partition coefficient (Wildman–Crippen LogP) is 3.31. The lowest BCUT2D eigenvalue weighted by Crippen LogP contribution is -2.29. The fourth-order valence-corrected chi connectivity index (χ4v) is 1.97. The molecule has 0 bridgehead atoms. The van der Waals surface area contributed by atoms with Crippen molar-refractivity contribution < 1.29 is 4.79 Å². The molecule has 0 radical (unpaired) electrons. The standard InChI is InChI=1S/C13H15BrN4O/c1-2-3-5-16-13(19)18-10-4-6-15-11-7-9(14)8-17-12(10)11/h4,6-8H,2-3,5H2,1H3,(H2,15,16,18,19). The van der Waals surface area contributed by atoms with E-state index in [2.05, 4.69) is 43.5 Å². The Kier molecular flexibility index (Phi) is 4.68. The maximum atomic E-state index is 11.7. The van der Waals surface area contributed by atoms with E-state index in [1.165, 1.54) is 0 Å². The van der Waals surface area contributed by atoms with E-state index in [0.29, 0.717) is 17.7 Å². The molecule has 100 valence electrons. The summed E-state index contributed by atoms with van der Waals surface area (Å²) >= 11 is 3.35. The van der Waals surface area contributed by atoms with Crippen LogP contribution in [0.3, 0.4) is 0 Å². The Balaban J connectivity index is 2.14. The average molecular weight is 323 g/mol. The van der Waals surface area contributed by atoms with Crippen molar-refractivity contribution in [1.82, 2.24) is 15.3 Å². The van der Waals surface area contributed by atoms with Crippen LogP contribution in [-0.2, 0) is 0 Å². The molecule has 0 unspecified atom stereocenters. The second-order valence-electron chi connectivity index (χ2n) is 4.11. The lowest BCUT2D eigenvalue weighted by Gasteiger charge is -2.08. The van der Waals surface area contributed by atoms with Crippen LogP contribution < -0.4 is 10.6 Å². The summed E-state index contributed by atoms with van der Waals surface area (Å²) in [7, 11) is 0. The highest BCUT2D eigenvalue weighted by atomic mass is 79.9. The van der Waals surface area contributed by atoms with Crippen molar-refractivity contribution in [3.8, 4) is 0 Å². The number of fused-ring (bicyclic) bond motifs is 1. The van der Waals surface area contributed by atoms with Crippen molar-refractivity contribution in [3.05, 3.63) is 29.0 Å². The Bertz CT molecular complexity index is 588. The summed E-state index contributed by atoms with van der Waals surface area (Å²) in [6.45, 7) is 2.75.